The Morgan fingerprint density at radius 1 is 1.52 bits per heavy atom. The van der Waals surface area contributed by atoms with Crippen LogP contribution in [0.5, 0.6) is 0 Å². The monoisotopic (exact) mass is 291 g/mol. The largest absolute Gasteiger partial charge is 0.389 e. The lowest BCUT2D eigenvalue weighted by molar-refractivity contribution is 0.0380. The van der Waals surface area contributed by atoms with Crippen molar-refractivity contribution < 1.29 is 14.6 Å². The summed E-state index contributed by atoms with van der Waals surface area (Å²) in [4.78, 5) is 13.8. The molecule has 8 nitrogen and oxygen atoms in total. The number of hydrogen-bond acceptors (Lipinski definition) is 6. The minimum Gasteiger partial charge on any atom is -0.389 e. The Morgan fingerprint density at radius 3 is 3.00 bits per heavy atom. The average Bonchev–Trinajstić information content (AvgIpc) is 3.01. The zero-order valence-electron chi connectivity index (χ0n) is 11.9. The molecule has 2 rings (SSSR count). The van der Waals surface area contributed by atoms with E-state index in [1.54, 1.807) is 31.3 Å². The van der Waals surface area contributed by atoms with Crippen LogP contribution >= 0.6 is 0 Å². The molecule has 2 N–H and O–H groups in total. The fourth-order valence-corrected chi connectivity index (χ4v) is 1.94. The number of aromatic amines is 1. The second-order valence-corrected chi connectivity index (χ2v) is 4.61. The number of nitrogens with zero attached hydrogens (tertiary/aromatic N) is 4. The molecule has 1 atom stereocenters. The lowest BCUT2D eigenvalue weighted by atomic mass is 10.1. The lowest BCUT2D eigenvalue weighted by Gasteiger charge is -2.20. The Morgan fingerprint density at radius 2 is 2.33 bits per heavy atom. The van der Waals surface area contributed by atoms with Gasteiger partial charge in [0.2, 0.25) is 5.82 Å². The third-order valence-electron chi connectivity index (χ3n) is 2.90. The molecular formula is C13H17N5O3. The molecule has 0 spiro atoms. The van der Waals surface area contributed by atoms with E-state index < -0.39 is 6.10 Å². The van der Waals surface area contributed by atoms with Gasteiger partial charge in [-0.1, -0.05) is 12.1 Å². The highest BCUT2D eigenvalue weighted by Crippen LogP contribution is 2.16. The van der Waals surface area contributed by atoms with Gasteiger partial charge in [-0.15, -0.1) is 10.2 Å². The standard InChI is InChI=1S/C13H17N5O3/c1-18(7-11(19)8-21-2)13(20)10-5-3-4-9(6-10)12-14-16-17-15-12/h3-6,11,19H,7-8H2,1-2H3,(H,14,15,16,17). The number of likely N-dealkylation sites (N-methyl/N-ethyl adjacent to an activating group) is 1. The number of nitrogens with one attached hydrogen (secondary N) is 1. The predicted molar refractivity (Wildman–Crippen MR) is 74.5 cm³/mol. The van der Waals surface area contributed by atoms with E-state index in [0.717, 1.165) is 0 Å². The van der Waals surface area contributed by atoms with E-state index >= 15 is 0 Å². The van der Waals surface area contributed by atoms with Crippen molar-refractivity contribution >= 4 is 5.91 Å². The minimum atomic E-state index is -0.718. The third-order valence-corrected chi connectivity index (χ3v) is 2.90. The number of aliphatic hydroxyl groups excluding tert-OH is 1. The van der Waals surface area contributed by atoms with Crippen molar-refractivity contribution in [1.29, 1.82) is 0 Å². The van der Waals surface area contributed by atoms with Crippen molar-refractivity contribution in [2.75, 3.05) is 27.3 Å². The number of carbonyl (C=O) groups excluding carboxylic acids is 1. The summed E-state index contributed by atoms with van der Waals surface area (Å²) in [5, 5.41) is 23.3. The molecule has 0 saturated carbocycles. The highest BCUT2D eigenvalue weighted by atomic mass is 16.5. The van der Waals surface area contributed by atoms with Crippen molar-refractivity contribution in [3.8, 4) is 11.4 Å². The van der Waals surface area contributed by atoms with E-state index in [2.05, 4.69) is 20.6 Å². The SMILES string of the molecule is COCC(O)CN(C)C(=O)c1cccc(-c2nn[nH]n2)c1. The van der Waals surface area contributed by atoms with Crippen LogP contribution in [-0.2, 0) is 4.74 Å². The molecule has 0 aliphatic heterocycles. The van der Waals surface area contributed by atoms with Gasteiger partial charge in [0, 0.05) is 31.8 Å². The van der Waals surface area contributed by atoms with Crippen LogP contribution in [0, 0.1) is 0 Å². The number of rotatable bonds is 6. The molecular weight excluding hydrogens is 274 g/mol. The molecule has 1 heterocycles. The number of carbonyl (C=O) groups is 1. The number of hydrogen-bond donors (Lipinski definition) is 2. The topological polar surface area (TPSA) is 104 Å². The first-order valence-corrected chi connectivity index (χ1v) is 6.38. The van der Waals surface area contributed by atoms with Gasteiger partial charge >= 0.3 is 0 Å². The van der Waals surface area contributed by atoms with E-state index in [1.807, 2.05) is 0 Å². The van der Waals surface area contributed by atoms with Gasteiger partial charge in [0.1, 0.15) is 0 Å². The number of H-pyrrole nitrogens is 1. The Bertz CT molecular complexity index is 587. The molecule has 0 aliphatic carbocycles. The van der Waals surface area contributed by atoms with Crippen LogP contribution in [0.15, 0.2) is 24.3 Å². The first-order chi connectivity index (χ1) is 10.1. The number of aliphatic hydroxyl groups is 1. The number of ether oxygens (including phenoxy) is 1. The van der Waals surface area contributed by atoms with Gasteiger partial charge in [-0.25, -0.2) is 0 Å². The lowest BCUT2D eigenvalue weighted by Crippen LogP contribution is -2.36. The molecule has 1 aromatic heterocycles. The molecule has 1 amide bonds. The maximum Gasteiger partial charge on any atom is 0.253 e. The van der Waals surface area contributed by atoms with E-state index in [4.69, 9.17) is 4.74 Å². The van der Waals surface area contributed by atoms with Crippen molar-refractivity contribution in [2.45, 2.75) is 6.10 Å². The van der Waals surface area contributed by atoms with Crippen LogP contribution < -0.4 is 0 Å². The molecule has 1 unspecified atom stereocenters. The Balaban J connectivity index is 2.10. The molecule has 0 radical (unpaired) electrons. The summed E-state index contributed by atoms with van der Waals surface area (Å²) in [5.74, 6) is 0.224. The molecule has 2 aromatic rings. The molecule has 0 bridgehead atoms. The van der Waals surface area contributed by atoms with Crippen LogP contribution in [0.4, 0.5) is 0 Å². The summed E-state index contributed by atoms with van der Waals surface area (Å²) in [6, 6.07) is 6.93. The fourth-order valence-electron chi connectivity index (χ4n) is 1.94. The molecule has 0 fully saturated rings. The van der Waals surface area contributed by atoms with Crippen LogP contribution in [0.1, 0.15) is 10.4 Å². The minimum absolute atomic E-state index is 0.181. The molecule has 0 aliphatic rings. The number of amides is 1. The first kappa shape index (κ1) is 15.1. The van der Waals surface area contributed by atoms with Crippen molar-refractivity contribution in [3.05, 3.63) is 29.8 Å². The van der Waals surface area contributed by atoms with Crippen molar-refractivity contribution in [1.82, 2.24) is 25.5 Å². The van der Waals surface area contributed by atoms with E-state index in [1.165, 1.54) is 12.0 Å². The van der Waals surface area contributed by atoms with Crippen molar-refractivity contribution in [3.63, 3.8) is 0 Å². The maximum atomic E-state index is 12.3. The normalized spacial score (nSPS) is 12.1. The summed E-state index contributed by atoms with van der Waals surface area (Å²) >= 11 is 0. The quantitative estimate of drug-likeness (QED) is 0.773. The Labute approximate surface area is 121 Å². The number of methoxy groups -OCH3 is 1. The van der Waals surface area contributed by atoms with Gasteiger partial charge in [-0.3, -0.25) is 4.79 Å². The number of tetrazole rings is 1. The van der Waals surface area contributed by atoms with Gasteiger partial charge < -0.3 is 14.7 Å². The van der Waals surface area contributed by atoms with Crippen LogP contribution in [-0.4, -0.2) is 70.0 Å². The highest BCUT2D eigenvalue weighted by Gasteiger charge is 2.16. The molecule has 8 heteroatoms. The third kappa shape index (κ3) is 3.83. The van der Waals surface area contributed by atoms with Crippen molar-refractivity contribution in [2.24, 2.45) is 0 Å². The smallest absolute Gasteiger partial charge is 0.253 e. The van der Waals surface area contributed by atoms with Gasteiger partial charge in [0.15, 0.2) is 0 Å². The zero-order chi connectivity index (χ0) is 15.2. The predicted octanol–water partition coefficient (Wildman–Crippen LogP) is -0.0540. The molecule has 21 heavy (non-hydrogen) atoms. The van der Waals surface area contributed by atoms with E-state index in [0.29, 0.717) is 17.0 Å². The molecule has 1 aromatic carbocycles. The summed E-state index contributed by atoms with van der Waals surface area (Å²) in [7, 11) is 3.13. The van der Waals surface area contributed by atoms with E-state index in [9.17, 15) is 9.90 Å². The van der Waals surface area contributed by atoms with Gasteiger partial charge in [0.05, 0.1) is 12.7 Å². The molecule has 0 saturated heterocycles. The maximum absolute atomic E-state index is 12.3. The summed E-state index contributed by atoms with van der Waals surface area (Å²) in [5.41, 5.74) is 1.19. The first-order valence-electron chi connectivity index (χ1n) is 6.38. The number of aromatic nitrogens is 4. The summed E-state index contributed by atoms with van der Waals surface area (Å²) < 4.78 is 4.84. The second-order valence-electron chi connectivity index (χ2n) is 4.61. The van der Waals surface area contributed by atoms with E-state index in [-0.39, 0.29) is 19.1 Å². The second kappa shape index (κ2) is 6.91. The number of benzene rings is 1. The van der Waals surface area contributed by atoms with Gasteiger partial charge in [0.25, 0.3) is 5.91 Å². The van der Waals surface area contributed by atoms with Gasteiger partial charge in [-0.2, -0.15) is 5.21 Å². The Hall–Kier alpha value is -2.32. The average molecular weight is 291 g/mol. The van der Waals surface area contributed by atoms with Crippen LogP contribution in [0.3, 0.4) is 0 Å². The molecule has 112 valence electrons. The van der Waals surface area contributed by atoms with Gasteiger partial charge in [-0.05, 0) is 17.3 Å². The summed E-state index contributed by atoms with van der Waals surface area (Å²) in [6.45, 7) is 0.375. The van der Waals surface area contributed by atoms with Crippen LogP contribution in [0.2, 0.25) is 0 Å². The summed E-state index contributed by atoms with van der Waals surface area (Å²) in [6.07, 6.45) is -0.718. The zero-order valence-corrected chi connectivity index (χ0v) is 11.9. The Kier molecular flexibility index (Phi) is 4.96. The fraction of sp³-hybridized carbons (Fsp3) is 0.385. The highest BCUT2D eigenvalue weighted by molar-refractivity contribution is 5.95. The van der Waals surface area contributed by atoms with Crippen LogP contribution in [0.25, 0.3) is 11.4 Å².